The van der Waals surface area contributed by atoms with Crippen LogP contribution in [0.5, 0.6) is 0 Å². The van der Waals surface area contributed by atoms with Crippen molar-refractivity contribution >= 4 is 5.91 Å². The molecule has 1 amide bonds. The van der Waals surface area contributed by atoms with Gasteiger partial charge < -0.3 is 20.3 Å². The standard InChI is InChI=1S/C17H21NO4.C2H6/c1-22-12-4-10-18-17(21)15(6-3-11-19)13-14-5-2-7-16(20)9-8-14;1-2/h3-5,7-9,11-13,19-20H,2,6,10H2,1H3,(H,18,21);1-2H3/b11-3+,12-4+,15-13+;. The topological polar surface area (TPSA) is 78.8 Å². The van der Waals surface area contributed by atoms with Gasteiger partial charge in [0.25, 0.3) is 0 Å². The number of nitrogens with one attached hydrogen (secondary N) is 1. The summed E-state index contributed by atoms with van der Waals surface area (Å²) in [5, 5.41) is 21.0. The predicted molar refractivity (Wildman–Crippen MR) is 97.5 cm³/mol. The maximum atomic E-state index is 12.2. The largest absolute Gasteiger partial charge is 0.516 e. The second-order valence-electron chi connectivity index (χ2n) is 4.48. The lowest BCUT2D eigenvalue weighted by Crippen LogP contribution is -2.25. The predicted octanol–water partition coefficient (Wildman–Crippen LogP) is 4.01. The Hall–Kier alpha value is -2.69. The van der Waals surface area contributed by atoms with Crippen molar-refractivity contribution in [3.8, 4) is 0 Å². The van der Waals surface area contributed by atoms with Gasteiger partial charge in [-0.05, 0) is 48.8 Å². The molecular weight excluding hydrogens is 306 g/mol. The zero-order chi connectivity index (χ0) is 18.2. The highest BCUT2D eigenvalue weighted by Crippen LogP contribution is 2.14. The van der Waals surface area contributed by atoms with Crippen LogP contribution < -0.4 is 5.32 Å². The van der Waals surface area contributed by atoms with Gasteiger partial charge in [-0.3, -0.25) is 4.79 Å². The molecule has 1 aliphatic carbocycles. The molecule has 0 heterocycles. The van der Waals surface area contributed by atoms with Crippen LogP contribution in [0.2, 0.25) is 0 Å². The van der Waals surface area contributed by atoms with Crippen LogP contribution in [0.4, 0.5) is 0 Å². The summed E-state index contributed by atoms with van der Waals surface area (Å²) in [7, 11) is 1.53. The van der Waals surface area contributed by atoms with Gasteiger partial charge >= 0.3 is 0 Å². The third-order valence-electron chi connectivity index (χ3n) is 2.82. The fourth-order valence-corrected chi connectivity index (χ4v) is 1.75. The summed E-state index contributed by atoms with van der Waals surface area (Å²) in [6.45, 7) is 4.35. The van der Waals surface area contributed by atoms with E-state index in [1.54, 1.807) is 30.4 Å². The van der Waals surface area contributed by atoms with E-state index in [-0.39, 0.29) is 11.7 Å². The lowest BCUT2D eigenvalue weighted by molar-refractivity contribution is -0.117. The minimum Gasteiger partial charge on any atom is -0.516 e. The molecule has 0 saturated heterocycles. The third-order valence-corrected chi connectivity index (χ3v) is 2.82. The van der Waals surface area contributed by atoms with Gasteiger partial charge in [0.2, 0.25) is 5.91 Å². The Bertz CT molecular complexity index is 552. The SMILES string of the molecule is CC.CO/C=C/CNC(=O)/C(=C/C1=CCC=C(O)C=C1)C/C=C/O. The van der Waals surface area contributed by atoms with Crippen LogP contribution >= 0.6 is 0 Å². The number of hydrogen-bond acceptors (Lipinski definition) is 4. The fraction of sp³-hybridized carbons (Fsp3) is 0.316. The molecule has 0 atom stereocenters. The van der Waals surface area contributed by atoms with Crippen molar-refractivity contribution in [3.63, 3.8) is 0 Å². The van der Waals surface area contributed by atoms with E-state index >= 15 is 0 Å². The lowest BCUT2D eigenvalue weighted by atomic mass is 10.1. The molecule has 0 aliphatic heterocycles. The zero-order valence-electron chi connectivity index (χ0n) is 14.5. The Balaban J connectivity index is 0.00000254. The van der Waals surface area contributed by atoms with Crippen LogP contribution in [0.15, 0.2) is 72.0 Å². The first-order valence-corrected chi connectivity index (χ1v) is 7.90. The van der Waals surface area contributed by atoms with E-state index in [4.69, 9.17) is 9.84 Å². The van der Waals surface area contributed by atoms with Gasteiger partial charge in [-0.2, -0.15) is 0 Å². The summed E-state index contributed by atoms with van der Waals surface area (Å²) in [6.07, 6.45) is 15.1. The van der Waals surface area contributed by atoms with Gasteiger partial charge in [0.15, 0.2) is 0 Å². The normalized spacial score (nSPS) is 14.5. The highest BCUT2D eigenvalue weighted by Gasteiger charge is 2.08. The first-order valence-electron chi connectivity index (χ1n) is 7.90. The molecule has 132 valence electrons. The van der Waals surface area contributed by atoms with Crippen LogP contribution in [-0.4, -0.2) is 29.8 Å². The molecule has 0 aromatic carbocycles. The van der Waals surface area contributed by atoms with Gasteiger partial charge in [0.1, 0.15) is 5.76 Å². The second-order valence-corrected chi connectivity index (χ2v) is 4.48. The van der Waals surface area contributed by atoms with E-state index < -0.39 is 0 Å². The van der Waals surface area contributed by atoms with Crippen molar-refractivity contribution < 1.29 is 19.7 Å². The summed E-state index contributed by atoms with van der Waals surface area (Å²) in [4.78, 5) is 12.2. The number of allylic oxidation sites excluding steroid dienone is 7. The molecule has 0 unspecified atom stereocenters. The molecule has 0 aromatic heterocycles. The highest BCUT2D eigenvalue weighted by atomic mass is 16.5. The van der Waals surface area contributed by atoms with Crippen LogP contribution in [0.1, 0.15) is 26.7 Å². The van der Waals surface area contributed by atoms with Crippen molar-refractivity contribution in [1.29, 1.82) is 0 Å². The molecule has 0 spiro atoms. The average Bonchev–Trinajstić information content (AvgIpc) is 2.81. The maximum Gasteiger partial charge on any atom is 0.247 e. The first-order chi connectivity index (χ1) is 11.7. The monoisotopic (exact) mass is 333 g/mol. The van der Waals surface area contributed by atoms with E-state index in [0.717, 1.165) is 11.8 Å². The van der Waals surface area contributed by atoms with Crippen molar-refractivity contribution in [2.45, 2.75) is 26.7 Å². The van der Waals surface area contributed by atoms with Crippen molar-refractivity contribution in [1.82, 2.24) is 5.32 Å². The van der Waals surface area contributed by atoms with E-state index in [1.807, 2.05) is 19.9 Å². The van der Waals surface area contributed by atoms with Crippen LogP contribution in [0, 0.1) is 0 Å². The molecule has 0 aromatic rings. The van der Waals surface area contributed by atoms with Gasteiger partial charge in [0, 0.05) is 12.1 Å². The van der Waals surface area contributed by atoms with Gasteiger partial charge in [0.05, 0.1) is 19.6 Å². The van der Waals surface area contributed by atoms with Gasteiger partial charge in [-0.1, -0.05) is 26.0 Å². The van der Waals surface area contributed by atoms with Crippen LogP contribution in [0.25, 0.3) is 0 Å². The number of aliphatic hydroxyl groups is 2. The summed E-state index contributed by atoms with van der Waals surface area (Å²) < 4.78 is 4.76. The number of carbonyl (C=O) groups excluding carboxylic acids is 1. The molecule has 0 radical (unpaired) electrons. The molecular formula is C19H27NO4. The average molecular weight is 333 g/mol. The van der Waals surface area contributed by atoms with Crippen LogP contribution in [-0.2, 0) is 9.53 Å². The molecule has 1 rings (SSSR count). The number of carbonyl (C=O) groups is 1. The quantitative estimate of drug-likeness (QED) is 0.486. The van der Waals surface area contributed by atoms with E-state index in [1.165, 1.54) is 19.4 Å². The molecule has 0 saturated carbocycles. The summed E-state index contributed by atoms with van der Waals surface area (Å²) in [5.74, 6) is -0.0276. The minimum absolute atomic E-state index is 0.200. The van der Waals surface area contributed by atoms with Crippen LogP contribution in [0.3, 0.4) is 0 Å². The number of hydrogen-bond donors (Lipinski definition) is 3. The zero-order valence-corrected chi connectivity index (χ0v) is 14.5. The summed E-state index contributed by atoms with van der Waals surface area (Å²) in [5.41, 5.74) is 1.33. The van der Waals surface area contributed by atoms with Gasteiger partial charge in [-0.15, -0.1) is 0 Å². The number of amides is 1. The minimum atomic E-state index is -0.227. The smallest absolute Gasteiger partial charge is 0.247 e. The Morgan fingerprint density at radius 2 is 2.04 bits per heavy atom. The molecule has 1 aliphatic rings. The number of aliphatic hydroxyl groups excluding tert-OH is 2. The molecule has 24 heavy (non-hydrogen) atoms. The number of ether oxygens (including phenoxy) is 1. The molecule has 0 fully saturated rings. The molecule has 5 nitrogen and oxygen atoms in total. The molecule has 5 heteroatoms. The Morgan fingerprint density at radius 3 is 2.71 bits per heavy atom. The summed E-state index contributed by atoms with van der Waals surface area (Å²) >= 11 is 0. The highest BCUT2D eigenvalue weighted by molar-refractivity contribution is 5.94. The van der Waals surface area contributed by atoms with Crippen molar-refractivity contribution in [2.75, 3.05) is 13.7 Å². The Morgan fingerprint density at radius 1 is 1.29 bits per heavy atom. The van der Waals surface area contributed by atoms with E-state index in [9.17, 15) is 9.90 Å². The maximum absolute atomic E-state index is 12.2. The molecule has 0 bridgehead atoms. The summed E-state index contributed by atoms with van der Waals surface area (Å²) in [6, 6.07) is 0. The first kappa shape index (κ1) is 21.3. The number of rotatable bonds is 7. The van der Waals surface area contributed by atoms with Gasteiger partial charge in [-0.25, -0.2) is 0 Å². The van der Waals surface area contributed by atoms with Crippen molar-refractivity contribution in [3.05, 3.63) is 72.0 Å². The molecule has 3 N–H and O–H groups in total. The fourth-order valence-electron chi connectivity index (χ4n) is 1.75. The van der Waals surface area contributed by atoms with E-state index in [2.05, 4.69) is 5.32 Å². The van der Waals surface area contributed by atoms with Crippen molar-refractivity contribution in [2.24, 2.45) is 0 Å². The third kappa shape index (κ3) is 9.35. The number of methoxy groups -OCH3 is 1. The Kier molecular flexibility index (Phi) is 12.4. The Labute approximate surface area is 144 Å². The van der Waals surface area contributed by atoms with E-state index in [0.29, 0.717) is 25.0 Å². The lowest BCUT2D eigenvalue weighted by Gasteiger charge is -2.06. The second kappa shape index (κ2) is 13.9.